The summed E-state index contributed by atoms with van der Waals surface area (Å²) in [4.78, 5) is 29.5. The van der Waals surface area contributed by atoms with Crippen LogP contribution in [-0.4, -0.2) is 65.1 Å². The normalized spacial score (nSPS) is 14.0. The van der Waals surface area contributed by atoms with Crippen LogP contribution >= 0.6 is 0 Å². The second-order valence-corrected chi connectivity index (χ2v) is 13.0. The third kappa shape index (κ3) is 8.08. The van der Waals surface area contributed by atoms with E-state index in [1.807, 2.05) is 26.0 Å². The molecule has 1 aliphatic carbocycles. The minimum absolute atomic E-state index is 0.0287. The number of benzene rings is 3. The molecule has 45 heavy (non-hydrogen) atoms. The summed E-state index contributed by atoms with van der Waals surface area (Å²) in [6.45, 7) is 3.24. The zero-order valence-corrected chi connectivity index (χ0v) is 27.4. The number of hydrogen-bond donors (Lipinski definition) is 1. The molecule has 1 fully saturated rings. The molecule has 1 saturated carbocycles. The van der Waals surface area contributed by atoms with Gasteiger partial charge in [0.05, 0.1) is 31.9 Å². The fourth-order valence-corrected chi connectivity index (χ4v) is 7.01. The lowest BCUT2D eigenvalue weighted by Gasteiger charge is -2.34. The van der Waals surface area contributed by atoms with E-state index < -0.39 is 28.5 Å². The monoisotopic (exact) mass is 637 g/mol. The van der Waals surface area contributed by atoms with Crippen molar-refractivity contribution in [2.75, 3.05) is 32.2 Å². The molecule has 0 bridgehead atoms. The Hall–Kier alpha value is -4.25. The Morgan fingerprint density at radius 2 is 1.60 bits per heavy atom. The molecular weight excluding hydrogens is 594 g/mol. The first-order valence-electron chi connectivity index (χ1n) is 15.2. The van der Waals surface area contributed by atoms with Crippen molar-refractivity contribution in [3.8, 4) is 17.2 Å². The SMILES string of the molecule is CCC(C(=O)NC1CCCC1)N(Cc1cccc(OC)c1)C(=O)CN(c1ccc(OC)c(OC)c1)S(=O)(=O)c1ccc(C)cc1. The van der Waals surface area contributed by atoms with Crippen molar-refractivity contribution >= 4 is 27.5 Å². The van der Waals surface area contributed by atoms with Gasteiger partial charge in [-0.05, 0) is 68.1 Å². The summed E-state index contributed by atoms with van der Waals surface area (Å²) < 4.78 is 45.6. The van der Waals surface area contributed by atoms with Crippen molar-refractivity contribution in [1.82, 2.24) is 10.2 Å². The zero-order chi connectivity index (χ0) is 32.6. The highest BCUT2D eigenvalue weighted by molar-refractivity contribution is 7.92. The summed E-state index contributed by atoms with van der Waals surface area (Å²) in [5.74, 6) is 0.547. The summed E-state index contributed by atoms with van der Waals surface area (Å²) in [6.07, 6.45) is 4.23. The Morgan fingerprint density at radius 3 is 2.22 bits per heavy atom. The van der Waals surface area contributed by atoms with Crippen molar-refractivity contribution < 1.29 is 32.2 Å². The number of ether oxygens (including phenoxy) is 3. The van der Waals surface area contributed by atoms with Crippen molar-refractivity contribution in [1.29, 1.82) is 0 Å². The number of carbonyl (C=O) groups is 2. The van der Waals surface area contributed by atoms with Crippen molar-refractivity contribution in [3.63, 3.8) is 0 Å². The van der Waals surface area contributed by atoms with E-state index in [0.717, 1.165) is 41.1 Å². The number of aryl methyl sites for hydroxylation is 1. The number of nitrogens with one attached hydrogen (secondary N) is 1. The first kappa shape index (κ1) is 33.6. The van der Waals surface area contributed by atoms with Gasteiger partial charge in [-0.2, -0.15) is 0 Å². The molecule has 10 nitrogen and oxygen atoms in total. The Balaban J connectivity index is 1.76. The number of methoxy groups -OCH3 is 3. The van der Waals surface area contributed by atoms with E-state index in [-0.39, 0.29) is 29.1 Å². The van der Waals surface area contributed by atoms with E-state index >= 15 is 0 Å². The molecule has 3 aromatic carbocycles. The first-order chi connectivity index (χ1) is 21.6. The summed E-state index contributed by atoms with van der Waals surface area (Å²) in [6, 6.07) is 17.6. The number of anilines is 1. The number of carbonyl (C=O) groups excluding carboxylic acids is 2. The van der Waals surface area contributed by atoms with Crippen molar-refractivity contribution in [2.45, 2.75) is 69.5 Å². The maximum Gasteiger partial charge on any atom is 0.264 e. The molecule has 1 unspecified atom stereocenters. The molecule has 0 saturated heterocycles. The minimum atomic E-state index is -4.23. The van der Waals surface area contributed by atoms with E-state index in [1.165, 1.54) is 37.3 Å². The fourth-order valence-electron chi connectivity index (χ4n) is 5.60. The Morgan fingerprint density at radius 1 is 0.911 bits per heavy atom. The molecule has 4 rings (SSSR count). The predicted octanol–water partition coefficient (Wildman–Crippen LogP) is 5.08. The van der Waals surface area contributed by atoms with Crippen LogP contribution in [0.15, 0.2) is 71.6 Å². The Bertz CT molecular complexity index is 1570. The molecule has 0 aliphatic heterocycles. The number of sulfonamides is 1. The van der Waals surface area contributed by atoms with E-state index in [0.29, 0.717) is 23.7 Å². The number of amides is 2. The Kier molecular flexibility index (Phi) is 11.3. The lowest BCUT2D eigenvalue weighted by Crippen LogP contribution is -2.53. The van der Waals surface area contributed by atoms with Crippen LogP contribution in [0.5, 0.6) is 17.2 Å². The third-order valence-electron chi connectivity index (χ3n) is 8.12. The summed E-state index contributed by atoms with van der Waals surface area (Å²) in [5, 5.41) is 3.13. The molecule has 1 atom stereocenters. The summed E-state index contributed by atoms with van der Waals surface area (Å²) in [7, 11) is 0.269. The van der Waals surface area contributed by atoms with Gasteiger partial charge in [0, 0.05) is 18.7 Å². The molecule has 1 aliphatic rings. The van der Waals surface area contributed by atoms with Crippen LogP contribution in [0.25, 0.3) is 0 Å². The van der Waals surface area contributed by atoms with E-state index in [9.17, 15) is 18.0 Å². The largest absolute Gasteiger partial charge is 0.497 e. The van der Waals surface area contributed by atoms with Gasteiger partial charge in [-0.3, -0.25) is 13.9 Å². The highest BCUT2D eigenvalue weighted by atomic mass is 32.2. The Labute approximate surface area is 266 Å². The van der Waals surface area contributed by atoms with E-state index in [1.54, 1.807) is 43.5 Å². The topological polar surface area (TPSA) is 114 Å². The van der Waals surface area contributed by atoms with Gasteiger partial charge in [0.1, 0.15) is 18.3 Å². The number of hydrogen-bond acceptors (Lipinski definition) is 7. The third-order valence-corrected chi connectivity index (χ3v) is 9.91. The molecule has 0 aromatic heterocycles. The quantitative estimate of drug-likeness (QED) is 0.262. The predicted molar refractivity (Wildman–Crippen MR) is 173 cm³/mol. The summed E-state index contributed by atoms with van der Waals surface area (Å²) >= 11 is 0. The molecule has 0 radical (unpaired) electrons. The van der Waals surface area contributed by atoms with Gasteiger partial charge >= 0.3 is 0 Å². The smallest absolute Gasteiger partial charge is 0.264 e. The van der Waals surface area contributed by atoms with E-state index in [2.05, 4.69) is 5.32 Å². The van der Waals surface area contributed by atoms with Gasteiger partial charge in [-0.1, -0.05) is 49.6 Å². The molecular formula is C34H43N3O7S. The number of nitrogens with zero attached hydrogens (tertiary/aromatic N) is 2. The van der Waals surface area contributed by atoms with Crippen LogP contribution in [-0.2, 0) is 26.2 Å². The molecule has 0 spiro atoms. The molecule has 1 N–H and O–H groups in total. The highest BCUT2D eigenvalue weighted by Gasteiger charge is 2.35. The minimum Gasteiger partial charge on any atom is -0.497 e. The lowest BCUT2D eigenvalue weighted by atomic mass is 10.1. The van der Waals surface area contributed by atoms with Gasteiger partial charge in [-0.25, -0.2) is 8.42 Å². The van der Waals surface area contributed by atoms with Crippen molar-refractivity contribution in [2.24, 2.45) is 0 Å². The van der Waals surface area contributed by atoms with Gasteiger partial charge in [0.2, 0.25) is 11.8 Å². The first-order valence-corrected chi connectivity index (χ1v) is 16.6. The standard InChI is InChI=1S/C34H43N3O7S/c1-6-30(34(39)35-26-11-7-8-12-26)36(22-25-10-9-13-28(20-25)42-3)33(38)23-37(27-16-19-31(43-4)32(21-27)44-5)45(40,41)29-17-14-24(2)15-18-29/h9-10,13-21,26,30H,6-8,11-12,22-23H2,1-5H3,(H,35,39). The average Bonchev–Trinajstić information content (AvgIpc) is 3.56. The van der Waals surface area contributed by atoms with Crippen molar-refractivity contribution in [3.05, 3.63) is 77.9 Å². The maximum atomic E-state index is 14.4. The highest BCUT2D eigenvalue weighted by Crippen LogP contribution is 2.34. The number of rotatable bonds is 14. The van der Waals surface area contributed by atoms with Gasteiger partial charge in [0.15, 0.2) is 11.5 Å². The molecule has 3 aromatic rings. The average molecular weight is 638 g/mol. The molecule has 242 valence electrons. The maximum absolute atomic E-state index is 14.4. The second-order valence-electron chi connectivity index (χ2n) is 11.2. The van der Waals surface area contributed by atoms with Crippen LogP contribution in [0.3, 0.4) is 0 Å². The molecule has 11 heteroatoms. The van der Waals surface area contributed by atoms with Crippen LogP contribution < -0.4 is 23.8 Å². The fraction of sp³-hybridized carbons (Fsp3) is 0.412. The van der Waals surface area contributed by atoms with Gasteiger partial charge in [0.25, 0.3) is 10.0 Å². The molecule has 0 heterocycles. The van der Waals surface area contributed by atoms with Gasteiger partial charge < -0.3 is 24.4 Å². The summed E-state index contributed by atoms with van der Waals surface area (Å²) in [5.41, 5.74) is 1.85. The van der Waals surface area contributed by atoms with Crippen LogP contribution in [0.4, 0.5) is 5.69 Å². The van der Waals surface area contributed by atoms with Crippen LogP contribution in [0.2, 0.25) is 0 Å². The van der Waals surface area contributed by atoms with E-state index in [4.69, 9.17) is 14.2 Å². The van der Waals surface area contributed by atoms with Crippen LogP contribution in [0.1, 0.15) is 50.2 Å². The van der Waals surface area contributed by atoms with Gasteiger partial charge in [-0.15, -0.1) is 0 Å². The zero-order valence-electron chi connectivity index (χ0n) is 26.6. The van der Waals surface area contributed by atoms with Crippen LogP contribution in [0, 0.1) is 6.92 Å². The lowest BCUT2D eigenvalue weighted by molar-refractivity contribution is -0.140. The second kappa shape index (κ2) is 15.2. The molecule has 2 amide bonds.